The Morgan fingerprint density at radius 1 is 1.47 bits per heavy atom. The van der Waals surface area contributed by atoms with Gasteiger partial charge in [-0.25, -0.2) is 4.39 Å². The van der Waals surface area contributed by atoms with Crippen LogP contribution in [0.5, 0.6) is 5.75 Å². The Bertz CT molecular complexity index is 598. The fraction of sp³-hybridized carbons (Fsp3) is 0.154. The maximum atomic E-state index is 13.6. The third-order valence-electron chi connectivity index (χ3n) is 2.39. The maximum Gasteiger partial charge on any atom is 0.267 e. The number of rotatable bonds is 4. The zero-order valence-electron chi connectivity index (χ0n) is 10.3. The lowest BCUT2D eigenvalue weighted by Crippen LogP contribution is -2.12. The van der Waals surface area contributed by atoms with E-state index in [1.807, 2.05) is 0 Å². The van der Waals surface area contributed by atoms with Gasteiger partial charge in [0.1, 0.15) is 4.88 Å². The molecule has 1 heterocycles. The first-order chi connectivity index (χ1) is 9.11. The Kier molecular flexibility index (Phi) is 4.01. The molecule has 0 unspecified atom stereocenters. The molecule has 0 saturated heterocycles. The summed E-state index contributed by atoms with van der Waals surface area (Å²) in [5.41, 5.74) is 6.42. The van der Waals surface area contributed by atoms with Gasteiger partial charge in [0.25, 0.3) is 5.91 Å². The number of nitrogens with one attached hydrogen (secondary N) is 1. The first kappa shape index (κ1) is 13.4. The van der Waals surface area contributed by atoms with Crippen molar-refractivity contribution in [1.29, 1.82) is 0 Å². The Morgan fingerprint density at radius 3 is 2.84 bits per heavy atom. The molecule has 1 aromatic heterocycles. The van der Waals surface area contributed by atoms with E-state index >= 15 is 0 Å². The standard InChI is InChI=1S/C13H13FN2O2S/c1-2-18-11-4-3-8(7-9(11)14)16-13(17)12-10(15)5-6-19-12/h3-7H,2,15H2,1H3,(H,16,17). The molecule has 0 spiro atoms. The van der Waals surface area contributed by atoms with Crippen molar-refractivity contribution in [3.63, 3.8) is 0 Å². The topological polar surface area (TPSA) is 64.3 Å². The van der Waals surface area contributed by atoms with E-state index in [9.17, 15) is 9.18 Å². The average Bonchev–Trinajstić information content (AvgIpc) is 2.79. The molecule has 2 rings (SSSR count). The first-order valence-electron chi connectivity index (χ1n) is 5.68. The van der Waals surface area contributed by atoms with Crippen LogP contribution in [0.25, 0.3) is 0 Å². The number of carbonyl (C=O) groups excluding carboxylic acids is 1. The second-order valence-corrected chi connectivity index (χ2v) is 4.65. The van der Waals surface area contributed by atoms with Crippen LogP contribution >= 0.6 is 11.3 Å². The van der Waals surface area contributed by atoms with Crippen molar-refractivity contribution in [1.82, 2.24) is 0 Å². The van der Waals surface area contributed by atoms with Crippen LogP contribution in [0.3, 0.4) is 0 Å². The second-order valence-electron chi connectivity index (χ2n) is 3.74. The minimum atomic E-state index is -0.515. The van der Waals surface area contributed by atoms with Crippen LogP contribution in [-0.4, -0.2) is 12.5 Å². The largest absolute Gasteiger partial charge is 0.491 e. The van der Waals surface area contributed by atoms with Crippen LogP contribution in [0.2, 0.25) is 0 Å². The Balaban J connectivity index is 2.14. The van der Waals surface area contributed by atoms with Crippen LogP contribution in [-0.2, 0) is 0 Å². The van der Waals surface area contributed by atoms with Gasteiger partial charge in [-0.05, 0) is 30.5 Å². The highest BCUT2D eigenvalue weighted by atomic mass is 32.1. The molecule has 19 heavy (non-hydrogen) atoms. The molecule has 100 valence electrons. The molecule has 0 aliphatic rings. The van der Waals surface area contributed by atoms with Gasteiger partial charge >= 0.3 is 0 Å². The first-order valence-corrected chi connectivity index (χ1v) is 6.56. The molecule has 0 bridgehead atoms. The number of amides is 1. The molecule has 0 fully saturated rings. The van der Waals surface area contributed by atoms with E-state index in [1.165, 1.54) is 23.5 Å². The summed E-state index contributed by atoms with van der Waals surface area (Å²) in [6, 6.07) is 5.92. The van der Waals surface area contributed by atoms with E-state index in [0.29, 0.717) is 22.9 Å². The number of ether oxygens (including phenoxy) is 1. The summed E-state index contributed by atoms with van der Waals surface area (Å²) in [5, 5.41) is 4.32. The maximum absolute atomic E-state index is 13.6. The lowest BCUT2D eigenvalue weighted by Gasteiger charge is -2.08. The molecule has 6 heteroatoms. The van der Waals surface area contributed by atoms with Crippen LogP contribution in [0.15, 0.2) is 29.6 Å². The normalized spacial score (nSPS) is 10.2. The number of benzene rings is 1. The molecule has 1 aromatic carbocycles. The summed E-state index contributed by atoms with van der Waals surface area (Å²) in [4.78, 5) is 12.3. The minimum absolute atomic E-state index is 0.163. The Labute approximate surface area is 114 Å². The van der Waals surface area contributed by atoms with E-state index in [1.54, 1.807) is 24.4 Å². The summed E-state index contributed by atoms with van der Waals surface area (Å²) in [6.45, 7) is 2.16. The molecular formula is C13H13FN2O2S. The van der Waals surface area contributed by atoms with Crippen LogP contribution < -0.4 is 15.8 Å². The quantitative estimate of drug-likeness (QED) is 0.904. The highest BCUT2D eigenvalue weighted by molar-refractivity contribution is 7.12. The Hall–Kier alpha value is -2.08. The molecule has 0 aliphatic carbocycles. The molecule has 3 N–H and O–H groups in total. The van der Waals surface area contributed by atoms with Gasteiger partial charge in [-0.15, -0.1) is 11.3 Å². The molecule has 0 radical (unpaired) electrons. The van der Waals surface area contributed by atoms with E-state index in [-0.39, 0.29) is 11.7 Å². The monoisotopic (exact) mass is 280 g/mol. The van der Waals surface area contributed by atoms with Crippen molar-refractivity contribution in [2.24, 2.45) is 0 Å². The summed E-state index contributed by atoms with van der Waals surface area (Å²) < 4.78 is 18.7. The predicted molar refractivity (Wildman–Crippen MR) is 74.3 cm³/mol. The zero-order chi connectivity index (χ0) is 13.8. The van der Waals surface area contributed by atoms with Gasteiger partial charge < -0.3 is 15.8 Å². The van der Waals surface area contributed by atoms with Crippen molar-refractivity contribution >= 4 is 28.6 Å². The van der Waals surface area contributed by atoms with Crippen molar-refractivity contribution in [2.45, 2.75) is 6.92 Å². The van der Waals surface area contributed by atoms with E-state index in [0.717, 1.165) is 0 Å². The van der Waals surface area contributed by atoms with Gasteiger partial charge in [-0.2, -0.15) is 0 Å². The fourth-order valence-corrected chi connectivity index (χ4v) is 2.26. The van der Waals surface area contributed by atoms with Crippen LogP contribution in [0.4, 0.5) is 15.8 Å². The smallest absolute Gasteiger partial charge is 0.267 e. The van der Waals surface area contributed by atoms with E-state index < -0.39 is 5.82 Å². The molecule has 1 amide bonds. The molecular weight excluding hydrogens is 267 g/mol. The van der Waals surface area contributed by atoms with Gasteiger partial charge in [0.15, 0.2) is 11.6 Å². The van der Waals surface area contributed by atoms with E-state index in [4.69, 9.17) is 10.5 Å². The number of nitrogens with two attached hydrogens (primary N) is 1. The van der Waals surface area contributed by atoms with Gasteiger partial charge in [-0.3, -0.25) is 4.79 Å². The summed E-state index contributed by atoms with van der Waals surface area (Å²) >= 11 is 1.24. The van der Waals surface area contributed by atoms with Crippen molar-refractivity contribution < 1.29 is 13.9 Å². The number of hydrogen-bond donors (Lipinski definition) is 2. The van der Waals surface area contributed by atoms with Gasteiger partial charge in [-0.1, -0.05) is 0 Å². The minimum Gasteiger partial charge on any atom is -0.491 e. The van der Waals surface area contributed by atoms with Gasteiger partial charge in [0.2, 0.25) is 0 Å². The molecule has 0 atom stereocenters. The number of halogens is 1. The third kappa shape index (κ3) is 3.03. The number of nitrogen functional groups attached to an aromatic ring is 1. The number of anilines is 2. The summed E-state index contributed by atoms with van der Waals surface area (Å²) in [6.07, 6.45) is 0. The average molecular weight is 280 g/mol. The van der Waals surface area contributed by atoms with Crippen molar-refractivity contribution in [2.75, 3.05) is 17.7 Å². The highest BCUT2D eigenvalue weighted by Gasteiger charge is 2.12. The zero-order valence-corrected chi connectivity index (χ0v) is 11.1. The fourth-order valence-electron chi connectivity index (χ4n) is 1.54. The predicted octanol–water partition coefficient (Wildman–Crippen LogP) is 3.12. The van der Waals surface area contributed by atoms with Gasteiger partial charge in [0.05, 0.1) is 12.3 Å². The molecule has 2 aromatic rings. The lowest BCUT2D eigenvalue weighted by molar-refractivity contribution is 0.103. The third-order valence-corrected chi connectivity index (χ3v) is 3.32. The van der Waals surface area contributed by atoms with Crippen molar-refractivity contribution in [3.8, 4) is 5.75 Å². The lowest BCUT2D eigenvalue weighted by atomic mass is 10.2. The second kappa shape index (κ2) is 5.71. The molecule has 4 nitrogen and oxygen atoms in total. The number of carbonyl (C=O) groups is 1. The van der Waals surface area contributed by atoms with E-state index in [2.05, 4.69) is 5.32 Å². The van der Waals surface area contributed by atoms with Crippen LogP contribution in [0, 0.1) is 5.82 Å². The number of hydrogen-bond acceptors (Lipinski definition) is 4. The molecule has 0 aliphatic heterocycles. The number of thiophene rings is 1. The van der Waals surface area contributed by atoms with Gasteiger partial charge in [0, 0.05) is 11.8 Å². The highest BCUT2D eigenvalue weighted by Crippen LogP contribution is 2.24. The SMILES string of the molecule is CCOc1ccc(NC(=O)c2sccc2N)cc1F. The van der Waals surface area contributed by atoms with Crippen LogP contribution in [0.1, 0.15) is 16.6 Å². The Morgan fingerprint density at radius 2 is 2.26 bits per heavy atom. The molecule has 0 saturated carbocycles. The summed E-state index contributed by atoms with van der Waals surface area (Å²) in [5.74, 6) is -0.703. The van der Waals surface area contributed by atoms with Crippen molar-refractivity contribution in [3.05, 3.63) is 40.3 Å². The summed E-state index contributed by atoms with van der Waals surface area (Å²) in [7, 11) is 0.